The summed E-state index contributed by atoms with van der Waals surface area (Å²) in [6.45, 7) is 3.18. The third-order valence-electron chi connectivity index (χ3n) is 9.76. The molecule has 6 unspecified atom stereocenters. The molecular weight excluding hydrogens is 721 g/mol. The summed E-state index contributed by atoms with van der Waals surface area (Å²) < 4.78 is 45.3. The molecule has 0 aliphatic carbocycles. The largest absolute Gasteiger partial charge is 0.460 e. The molecule has 0 aromatic heterocycles. The van der Waals surface area contributed by atoms with Crippen molar-refractivity contribution in [1.29, 1.82) is 0 Å². The van der Waals surface area contributed by atoms with Crippen molar-refractivity contribution in [2.45, 2.75) is 83.5 Å². The maximum atomic E-state index is 13.0. The van der Waals surface area contributed by atoms with Crippen LogP contribution in [0.2, 0.25) is 0 Å². The summed E-state index contributed by atoms with van der Waals surface area (Å²) in [4.78, 5) is 25.6. The highest BCUT2D eigenvalue weighted by Gasteiger charge is 2.49. The van der Waals surface area contributed by atoms with Crippen LogP contribution in [-0.4, -0.2) is 55.7 Å². The average Bonchev–Trinajstić information content (AvgIpc) is 3.25. The molecule has 1 aliphatic heterocycles. The third-order valence-corrected chi connectivity index (χ3v) is 9.76. The van der Waals surface area contributed by atoms with E-state index in [1.807, 2.05) is 152 Å². The first kappa shape index (κ1) is 41.6. The van der Waals surface area contributed by atoms with Crippen molar-refractivity contribution in [2.75, 3.05) is 13.2 Å². The minimum absolute atomic E-state index is 0.0991. The first-order chi connectivity index (χ1) is 28.0. The summed E-state index contributed by atoms with van der Waals surface area (Å²) in [5.74, 6) is -1.71. The molecule has 5 aromatic rings. The highest BCUT2D eigenvalue weighted by atomic mass is 16.7. The van der Waals surface area contributed by atoms with Crippen LogP contribution in [0.4, 0.5) is 0 Å². The first-order valence-corrected chi connectivity index (χ1v) is 19.6. The molecule has 6 rings (SSSR count). The van der Waals surface area contributed by atoms with E-state index in [4.69, 9.17) is 33.2 Å². The van der Waals surface area contributed by atoms with Gasteiger partial charge in [-0.25, -0.2) is 0 Å². The van der Waals surface area contributed by atoms with Crippen LogP contribution in [-0.2, 0) is 75.8 Å². The van der Waals surface area contributed by atoms with Crippen LogP contribution in [0.25, 0.3) is 0 Å². The van der Waals surface area contributed by atoms with E-state index < -0.39 is 42.6 Å². The predicted molar refractivity (Wildman–Crippen MR) is 215 cm³/mol. The number of ketones is 1. The van der Waals surface area contributed by atoms with Crippen LogP contribution >= 0.6 is 0 Å². The molecule has 298 valence electrons. The number of ether oxygens (including phenoxy) is 7. The zero-order valence-electron chi connectivity index (χ0n) is 32.4. The summed E-state index contributed by atoms with van der Waals surface area (Å²) >= 11 is 0. The standard InChI is InChI=1S/C48H52O9/c1-36(49)42(47(50)56-34-41-26-15-6-16-27-41)28-17-29-52-48-46(55-33-40-24-13-5-14-25-40)45(54-32-39-22-11-4-12-23-39)44(53-31-38-20-9-3-10-21-38)43(57-48)35-51-30-37-18-7-2-8-19-37/h2-16,18-27,42-46,48H,17,28-35H2,1H3. The third kappa shape index (κ3) is 13.3. The summed E-state index contributed by atoms with van der Waals surface area (Å²) in [7, 11) is 0. The van der Waals surface area contributed by atoms with Gasteiger partial charge < -0.3 is 33.2 Å². The lowest BCUT2D eigenvalue weighted by Gasteiger charge is -2.46. The molecule has 57 heavy (non-hydrogen) atoms. The Morgan fingerprint density at radius 3 is 1.42 bits per heavy atom. The van der Waals surface area contributed by atoms with E-state index in [9.17, 15) is 9.59 Å². The SMILES string of the molecule is CC(=O)C(CCCOC1OC(COCc2ccccc2)C(OCc2ccccc2)C(OCc2ccccc2)C1OCc1ccccc1)C(=O)OCc1ccccc1. The lowest BCUT2D eigenvalue weighted by molar-refractivity contribution is -0.328. The molecule has 9 nitrogen and oxygen atoms in total. The highest BCUT2D eigenvalue weighted by Crippen LogP contribution is 2.32. The van der Waals surface area contributed by atoms with Crippen LogP contribution in [0.1, 0.15) is 47.6 Å². The zero-order chi connectivity index (χ0) is 39.5. The Balaban J connectivity index is 1.22. The lowest BCUT2D eigenvalue weighted by atomic mass is 9.97. The Labute approximate surface area is 335 Å². The minimum atomic E-state index is -0.911. The van der Waals surface area contributed by atoms with Crippen molar-refractivity contribution in [3.05, 3.63) is 179 Å². The van der Waals surface area contributed by atoms with Crippen molar-refractivity contribution in [2.24, 2.45) is 5.92 Å². The van der Waals surface area contributed by atoms with Crippen LogP contribution in [0.5, 0.6) is 0 Å². The topological polar surface area (TPSA) is 98.8 Å². The first-order valence-electron chi connectivity index (χ1n) is 19.6. The molecule has 1 saturated heterocycles. The molecule has 0 N–H and O–H groups in total. The van der Waals surface area contributed by atoms with Crippen molar-refractivity contribution in [3.63, 3.8) is 0 Å². The zero-order valence-corrected chi connectivity index (χ0v) is 32.4. The Hall–Kier alpha value is -5.00. The molecule has 0 saturated carbocycles. The van der Waals surface area contributed by atoms with E-state index in [-0.39, 0.29) is 38.6 Å². The maximum Gasteiger partial charge on any atom is 0.316 e. The molecule has 0 spiro atoms. The van der Waals surface area contributed by atoms with Crippen molar-refractivity contribution in [1.82, 2.24) is 0 Å². The summed E-state index contributed by atoms with van der Waals surface area (Å²) in [5, 5.41) is 0. The number of Topliss-reactive ketones (excluding diaryl/α,β-unsaturated/α-hetero) is 1. The normalized spacial score (nSPS) is 19.8. The number of hydrogen-bond acceptors (Lipinski definition) is 9. The molecule has 1 aliphatic rings. The molecule has 1 heterocycles. The van der Waals surface area contributed by atoms with Gasteiger partial charge in [-0.05, 0) is 47.6 Å². The van der Waals surface area contributed by atoms with Gasteiger partial charge in [0.2, 0.25) is 0 Å². The fourth-order valence-electron chi connectivity index (χ4n) is 6.68. The molecular formula is C48H52O9. The van der Waals surface area contributed by atoms with Crippen molar-refractivity contribution >= 4 is 11.8 Å². The molecule has 5 aromatic carbocycles. The average molecular weight is 773 g/mol. The summed E-state index contributed by atoms with van der Waals surface area (Å²) in [6, 6.07) is 49.2. The van der Waals surface area contributed by atoms with Crippen LogP contribution in [0.3, 0.4) is 0 Å². The highest BCUT2D eigenvalue weighted by molar-refractivity contribution is 5.97. The van der Waals surface area contributed by atoms with E-state index in [0.717, 1.165) is 27.8 Å². The van der Waals surface area contributed by atoms with Gasteiger partial charge in [0, 0.05) is 6.61 Å². The maximum absolute atomic E-state index is 13.0. The van der Waals surface area contributed by atoms with E-state index >= 15 is 0 Å². The fraction of sp³-hybridized carbons (Fsp3) is 0.333. The van der Waals surface area contributed by atoms with Gasteiger partial charge in [0.1, 0.15) is 42.7 Å². The number of esters is 1. The summed E-state index contributed by atoms with van der Waals surface area (Å²) in [6.07, 6.45) is -2.80. The monoisotopic (exact) mass is 772 g/mol. The van der Waals surface area contributed by atoms with E-state index in [1.54, 1.807) is 0 Å². The number of carbonyl (C=O) groups excluding carboxylic acids is 2. The van der Waals surface area contributed by atoms with E-state index in [0.29, 0.717) is 26.2 Å². The Morgan fingerprint density at radius 1 is 0.526 bits per heavy atom. The Kier molecular flexibility index (Phi) is 16.6. The van der Waals surface area contributed by atoms with Crippen LogP contribution < -0.4 is 0 Å². The van der Waals surface area contributed by atoms with Crippen molar-refractivity contribution < 1.29 is 42.7 Å². The second-order valence-electron chi connectivity index (χ2n) is 14.1. The fourth-order valence-corrected chi connectivity index (χ4v) is 6.68. The van der Waals surface area contributed by atoms with Gasteiger partial charge in [-0.3, -0.25) is 9.59 Å². The summed E-state index contributed by atoms with van der Waals surface area (Å²) in [5.41, 5.74) is 4.87. The van der Waals surface area contributed by atoms with E-state index in [1.165, 1.54) is 6.92 Å². The molecule has 6 atom stereocenters. The van der Waals surface area contributed by atoms with Crippen LogP contribution in [0, 0.1) is 5.92 Å². The lowest BCUT2D eigenvalue weighted by Crippen LogP contribution is -2.61. The van der Waals surface area contributed by atoms with Gasteiger partial charge >= 0.3 is 5.97 Å². The van der Waals surface area contributed by atoms with Crippen molar-refractivity contribution in [3.8, 4) is 0 Å². The van der Waals surface area contributed by atoms with Crippen LogP contribution in [0.15, 0.2) is 152 Å². The number of benzene rings is 5. The molecule has 9 heteroatoms. The van der Waals surface area contributed by atoms with Gasteiger partial charge in [0.15, 0.2) is 6.29 Å². The molecule has 0 bridgehead atoms. The second kappa shape index (κ2) is 22.7. The second-order valence-corrected chi connectivity index (χ2v) is 14.1. The van der Waals surface area contributed by atoms with E-state index in [2.05, 4.69) is 0 Å². The Bertz CT molecular complexity index is 1880. The van der Waals surface area contributed by atoms with Gasteiger partial charge in [-0.2, -0.15) is 0 Å². The Morgan fingerprint density at radius 2 is 0.947 bits per heavy atom. The van der Waals surface area contributed by atoms with Gasteiger partial charge in [0.05, 0.1) is 33.0 Å². The quantitative estimate of drug-likeness (QED) is 0.0390. The smallest absolute Gasteiger partial charge is 0.316 e. The minimum Gasteiger partial charge on any atom is -0.460 e. The van der Waals surface area contributed by atoms with Gasteiger partial charge in [-0.15, -0.1) is 0 Å². The predicted octanol–water partition coefficient (Wildman–Crippen LogP) is 8.43. The number of hydrogen-bond donors (Lipinski definition) is 0. The van der Waals surface area contributed by atoms with Gasteiger partial charge in [0.25, 0.3) is 0 Å². The van der Waals surface area contributed by atoms with Gasteiger partial charge in [-0.1, -0.05) is 152 Å². The molecule has 1 fully saturated rings. The molecule has 0 amide bonds. The number of rotatable bonds is 22. The molecule has 0 radical (unpaired) electrons. The number of carbonyl (C=O) groups is 2.